The smallest absolute Gasteiger partial charge is 0.251 e. The number of carbonyl (C=O) groups excluding carboxylic acids is 1. The average molecular weight is 445 g/mol. The molecular weight excluding hydrogens is 412 g/mol. The lowest BCUT2D eigenvalue weighted by atomic mass is 10.1. The summed E-state index contributed by atoms with van der Waals surface area (Å²) in [5.41, 5.74) is 2.38. The monoisotopic (exact) mass is 444 g/mol. The highest BCUT2D eigenvalue weighted by atomic mass is 32.2. The Morgan fingerprint density at radius 1 is 1.03 bits per heavy atom. The van der Waals surface area contributed by atoms with Gasteiger partial charge in [-0.1, -0.05) is 36.8 Å². The summed E-state index contributed by atoms with van der Waals surface area (Å²) in [5.74, 6) is 0.726. The molecule has 1 aliphatic heterocycles. The van der Waals surface area contributed by atoms with E-state index in [-0.39, 0.29) is 11.7 Å². The van der Waals surface area contributed by atoms with Crippen molar-refractivity contribution in [2.45, 2.75) is 44.8 Å². The van der Waals surface area contributed by atoms with Crippen LogP contribution >= 0.6 is 0 Å². The van der Waals surface area contributed by atoms with E-state index >= 15 is 0 Å². The van der Waals surface area contributed by atoms with Gasteiger partial charge in [0.1, 0.15) is 5.75 Å². The highest BCUT2D eigenvalue weighted by Crippen LogP contribution is 2.20. The van der Waals surface area contributed by atoms with Crippen molar-refractivity contribution in [1.29, 1.82) is 0 Å². The molecule has 7 heteroatoms. The quantitative estimate of drug-likeness (QED) is 0.566. The summed E-state index contributed by atoms with van der Waals surface area (Å²) in [6.07, 6.45) is 4.58. The van der Waals surface area contributed by atoms with Crippen LogP contribution in [0.3, 0.4) is 0 Å². The van der Waals surface area contributed by atoms with Gasteiger partial charge < -0.3 is 10.1 Å². The molecule has 2 aromatic rings. The van der Waals surface area contributed by atoms with Crippen LogP contribution in [-0.2, 0) is 22.2 Å². The number of para-hydroxylation sites is 1. The summed E-state index contributed by atoms with van der Waals surface area (Å²) in [4.78, 5) is 12.4. The Labute approximate surface area is 185 Å². The molecule has 0 saturated carbocycles. The van der Waals surface area contributed by atoms with Gasteiger partial charge in [0.15, 0.2) is 0 Å². The molecule has 1 heterocycles. The summed E-state index contributed by atoms with van der Waals surface area (Å²) in [6, 6.07) is 14.8. The third-order valence-electron chi connectivity index (χ3n) is 5.45. The van der Waals surface area contributed by atoms with E-state index in [2.05, 4.69) is 5.32 Å². The van der Waals surface area contributed by atoms with Crippen LogP contribution < -0.4 is 10.1 Å². The Balaban J connectivity index is 1.47. The van der Waals surface area contributed by atoms with Gasteiger partial charge in [0.2, 0.25) is 10.0 Å². The Bertz CT molecular complexity index is 952. The van der Waals surface area contributed by atoms with Crippen LogP contribution in [0, 0.1) is 0 Å². The normalized spacial score (nSPS) is 14.9. The number of piperidine rings is 1. The van der Waals surface area contributed by atoms with E-state index in [1.165, 1.54) is 0 Å². The molecule has 0 aliphatic carbocycles. The predicted molar refractivity (Wildman–Crippen MR) is 123 cm³/mol. The van der Waals surface area contributed by atoms with Crippen molar-refractivity contribution in [2.24, 2.45) is 0 Å². The van der Waals surface area contributed by atoms with Crippen LogP contribution in [0.25, 0.3) is 0 Å². The predicted octanol–water partition coefficient (Wildman–Crippen LogP) is 3.76. The first-order valence-corrected chi connectivity index (χ1v) is 12.7. The molecular formula is C24H32N2O4S. The minimum atomic E-state index is -3.30. The molecule has 168 valence electrons. The van der Waals surface area contributed by atoms with Crippen LogP contribution in [0.2, 0.25) is 0 Å². The number of aryl methyl sites for hydroxylation is 1. The molecule has 0 spiro atoms. The lowest BCUT2D eigenvalue weighted by molar-refractivity contribution is 0.0953. The van der Waals surface area contributed by atoms with E-state index in [9.17, 15) is 13.2 Å². The van der Waals surface area contributed by atoms with Gasteiger partial charge in [-0.25, -0.2) is 12.7 Å². The lowest BCUT2D eigenvalue weighted by Crippen LogP contribution is -2.36. The fourth-order valence-corrected chi connectivity index (χ4v) is 5.40. The number of carbonyl (C=O) groups is 1. The van der Waals surface area contributed by atoms with Crippen LogP contribution in [0.15, 0.2) is 48.5 Å². The average Bonchev–Trinajstić information content (AvgIpc) is 2.78. The fraction of sp³-hybridized carbons (Fsp3) is 0.458. The second-order valence-electron chi connectivity index (χ2n) is 7.81. The molecule has 0 bridgehead atoms. The van der Waals surface area contributed by atoms with E-state index in [0.29, 0.717) is 37.4 Å². The maximum atomic E-state index is 12.6. The van der Waals surface area contributed by atoms with Crippen molar-refractivity contribution >= 4 is 15.9 Å². The first kappa shape index (κ1) is 23.3. The van der Waals surface area contributed by atoms with E-state index in [1.54, 1.807) is 28.6 Å². The standard InChI is InChI=1S/C24H32N2O4S/c1-2-30-23-11-5-4-9-21(23)10-8-16-25-24(27)22-14-12-20(13-15-22)19-31(28,29)26-17-6-3-7-18-26/h4-5,9,11-15H,2-3,6-8,10,16-19H2,1H3,(H,25,27). The number of benzene rings is 2. The zero-order valence-electron chi connectivity index (χ0n) is 18.2. The zero-order valence-corrected chi connectivity index (χ0v) is 19.0. The molecule has 1 amide bonds. The van der Waals surface area contributed by atoms with Crippen molar-refractivity contribution in [3.8, 4) is 5.75 Å². The van der Waals surface area contributed by atoms with Crippen molar-refractivity contribution in [3.63, 3.8) is 0 Å². The molecule has 0 atom stereocenters. The number of sulfonamides is 1. The van der Waals surface area contributed by atoms with Crippen LogP contribution in [0.4, 0.5) is 0 Å². The topological polar surface area (TPSA) is 75.7 Å². The van der Waals surface area contributed by atoms with E-state index in [4.69, 9.17) is 4.74 Å². The highest BCUT2D eigenvalue weighted by molar-refractivity contribution is 7.88. The van der Waals surface area contributed by atoms with Gasteiger partial charge in [0.25, 0.3) is 5.91 Å². The first-order chi connectivity index (χ1) is 15.0. The Kier molecular flexibility index (Phi) is 8.49. The molecule has 0 aromatic heterocycles. The SMILES string of the molecule is CCOc1ccccc1CCCNC(=O)c1ccc(CS(=O)(=O)N2CCCCC2)cc1. The summed E-state index contributed by atoms with van der Waals surface area (Å²) in [7, 11) is -3.30. The molecule has 3 rings (SSSR count). The third-order valence-corrected chi connectivity index (χ3v) is 7.30. The van der Waals surface area contributed by atoms with Gasteiger partial charge in [0.05, 0.1) is 12.4 Å². The Morgan fingerprint density at radius 3 is 2.45 bits per heavy atom. The third kappa shape index (κ3) is 6.80. The van der Waals surface area contributed by atoms with Gasteiger partial charge in [-0.05, 0) is 61.9 Å². The maximum Gasteiger partial charge on any atom is 0.251 e. The Hall–Kier alpha value is -2.38. The summed E-state index contributed by atoms with van der Waals surface area (Å²) < 4.78 is 32.4. The second kappa shape index (κ2) is 11.3. The van der Waals surface area contributed by atoms with E-state index in [0.717, 1.165) is 43.4 Å². The van der Waals surface area contributed by atoms with Gasteiger partial charge >= 0.3 is 0 Å². The summed E-state index contributed by atoms with van der Waals surface area (Å²) in [5, 5.41) is 2.93. The summed E-state index contributed by atoms with van der Waals surface area (Å²) >= 11 is 0. The molecule has 2 aromatic carbocycles. The molecule has 6 nitrogen and oxygen atoms in total. The van der Waals surface area contributed by atoms with Gasteiger partial charge in [-0.15, -0.1) is 0 Å². The maximum absolute atomic E-state index is 12.6. The van der Waals surface area contributed by atoms with E-state index < -0.39 is 10.0 Å². The van der Waals surface area contributed by atoms with Crippen molar-refractivity contribution in [3.05, 3.63) is 65.2 Å². The number of ether oxygens (including phenoxy) is 1. The van der Waals surface area contributed by atoms with Gasteiger partial charge in [-0.3, -0.25) is 4.79 Å². The van der Waals surface area contributed by atoms with Crippen molar-refractivity contribution in [2.75, 3.05) is 26.2 Å². The molecule has 1 N–H and O–H groups in total. The molecule has 1 fully saturated rings. The van der Waals surface area contributed by atoms with Crippen LogP contribution in [-0.4, -0.2) is 44.9 Å². The van der Waals surface area contributed by atoms with Crippen molar-refractivity contribution in [1.82, 2.24) is 9.62 Å². The molecule has 0 radical (unpaired) electrons. The van der Waals surface area contributed by atoms with Gasteiger partial charge in [-0.2, -0.15) is 0 Å². The number of nitrogens with one attached hydrogen (secondary N) is 1. The number of rotatable bonds is 10. The largest absolute Gasteiger partial charge is 0.494 e. The number of nitrogens with zero attached hydrogens (tertiary/aromatic N) is 1. The number of amides is 1. The molecule has 1 aliphatic rings. The van der Waals surface area contributed by atoms with Crippen LogP contribution in [0.1, 0.15) is 54.1 Å². The minimum absolute atomic E-state index is 0.0197. The molecule has 0 unspecified atom stereocenters. The van der Waals surface area contributed by atoms with Crippen LogP contribution in [0.5, 0.6) is 5.75 Å². The summed E-state index contributed by atoms with van der Waals surface area (Å²) in [6.45, 7) is 4.37. The zero-order chi connectivity index (χ0) is 22.1. The lowest BCUT2D eigenvalue weighted by Gasteiger charge is -2.25. The van der Waals surface area contributed by atoms with Gasteiger partial charge in [0, 0.05) is 25.2 Å². The molecule has 31 heavy (non-hydrogen) atoms. The second-order valence-corrected chi connectivity index (χ2v) is 9.78. The Morgan fingerprint density at radius 2 is 1.74 bits per heavy atom. The minimum Gasteiger partial charge on any atom is -0.494 e. The van der Waals surface area contributed by atoms with E-state index in [1.807, 2.05) is 31.2 Å². The fourth-order valence-electron chi connectivity index (χ4n) is 3.79. The number of hydrogen-bond donors (Lipinski definition) is 1. The molecule has 1 saturated heterocycles. The highest BCUT2D eigenvalue weighted by Gasteiger charge is 2.24. The first-order valence-electron chi connectivity index (χ1n) is 11.1. The van der Waals surface area contributed by atoms with Crippen molar-refractivity contribution < 1.29 is 17.9 Å². The number of hydrogen-bond acceptors (Lipinski definition) is 4.